The molecule has 1 aromatic heterocycles. The van der Waals surface area contributed by atoms with Crippen LogP contribution in [-0.2, 0) is 29.0 Å². The molecule has 0 bridgehead atoms. The van der Waals surface area contributed by atoms with E-state index in [2.05, 4.69) is 17.3 Å². The van der Waals surface area contributed by atoms with E-state index in [1.54, 1.807) is 6.20 Å². The van der Waals surface area contributed by atoms with Crippen LogP contribution in [-0.4, -0.2) is 28.9 Å². The second kappa shape index (κ2) is 7.59. The standard InChI is InChI=1S/C16H21N3O2/c1-13(12-19-9-5-8-18-19)17-11-15-7-4-3-6-14(15)10-16(20)21-2/h3-9,13,17H,10-12H2,1-2H3. The van der Waals surface area contributed by atoms with Crippen LogP contribution < -0.4 is 5.32 Å². The minimum atomic E-state index is -0.216. The van der Waals surface area contributed by atoms with Gasteiger partial charge in [-0.1, -0.05) is 24.3 Å². The van der Waals surface area contributed by atoms with E-state index in [4.69, 9.17) is 4.74 Å². The first kappa shape index (κ1) is 15.3. The van der Waals surface area contributed by atoms with Crippen LogP contribution in [0, 0.1) is 0 Å². The molecule has 0 saturated heterocycles. The molecule has 0 aliphatic rings. The van der Waals surface area contributed by atoms with Crippen LogP contribution in [0.5, 0.6) is 0 Å². The van der Waals surface area contributed by atoms with Crippen LogP contribution in [0.1, 0.15) is 18.1 Å². The van der Waals surface area contributed by atoms with E-state index in [1.807, 2.05) is 41.2 Å². The molecule has 0 radical (unpaired) electrons. The van der Waals surface area contributed by atoms with Crippen molar-refractivity contribution in [3.63, 3.8) is 0 Å². The molecule has 5 nitrogen and oxygen atoms in total. The summed E-state index contributed by atoms with van der Waals surface area (Å²) in [5.41, 5.74) is 2.12. The van der Waals surface area contributed by atoms with E-state index in [-0.39, 0.29) is 12.0 Å². The lowest BCUT2D eigenvalue weighted by Gasteiger charge is -2.15. The number of hydrogen-bond acceptors (Lipinski definition) is 4. The summed E-state index contributed by atoms with van der Waals surface area (Å²) in [5.74, 6) is -0.216. The Morgan fingerprint density at radius 3 is 2.76 bits per heavy atom. The fourth-order valence-electron chi connectivity index (χ4n) is 2.17. The maximum atomic E-state index is 11.4. The molecule has 0 spiro atoms. The zero-order valence-electron chi connectivity index (χ0n) is 12.5. The summed E-state index contributed by atoms with van der Waals surface area (Å²) in [6.45, 7) is 3.65. The predicted octanol–water partition coefficient (Wildman–Crippen LogP) is 1.78. The lowest BCUT2D eigenvalue weighted by molar-refractivity contribution is -0.139. The van der Waals surface area contributed by atoms with E-state index < -0.39 is 0 Å². The Balaban J connectivity index is 1.91. The van der Waals surface area contributed by atoms with Gasteiger partial charge in [0.2, 0.25) is 0 Å². The summed E-state index contributed by atoms with van der Waals surface area (Å²) in [5, 5.41) is 7.65. The summed E-state index contributed by atoms with van der Waals surface area (Å²) in [4.78, 5) is 11.4. The molecule has 112 valence electrons. The molecule has 1 atom stereocenters. The minimum Gasteiger partial charge on any atom is -0.469 e. The van der Waals surface area contributed by atoms with Gasteiger partial charge in [-0.2, -0.15) is 5.10 Å². The zero-order chi connectivity index (χ0) is 15.1. The first-order valence-electron chi connectivity index (χ1n) is 7.03. The first-order valence-corrected chi connectivity index (χ1v) is 7.03. The third kappa shape index (κ3) is 4.72. The second-order valence-corrected chi connectivity index (χ2v) is 5.03. The molecular formula is C16H21N3O2. The van der Waals surface area contributed by atoms with Crippen molar-refractivity contribution in [1.29, 1.82) is 0 Å². The molecule has 1 heterocycles. The molecule has 1 unspecified atom stereocenters. The number of aromatic nitrogens is 2. The van der Waals surface area contributed by atoms with Gasteiger partial charge in [0.15, 0.2) is 0 Å². The summed E-state index contributed by atoms with van der Waals surface area (Å²) in [6, 6.07) is 10.1. The Bertz CT molecular complexity index is 567. The highest BCUT2D eigenvalue weighted by Crippen LogP contribution is 2.10. The number of rotatable bonds is 7. The third-order valence-corrected chi connectivity index (χ3v) is 3.34. The van der Waals surface area contributed by atoms with Crippen LogP contribution in [0.25, 0.3) is 0 Å². The van der Waals surface area contributed by atoms with Crippen molar-refractivity contribution in [1.82, 2.24) is 15.1 Å². The van der Waals surface area contributed by atoms with Crippen molar-refractivity contribution in [2.45, 2.75) is 32.5 Å². The Hall–Kier alpha value is -2.14. The van der Waals surface area contributed by atoms with E-state index in [9.17, 15) is 4.79 Å². The fraction of sp³-hybridized carbons (Fsp3) is 0.375. The number of carbonyl (C=O) groups is 1. The first-order chi connectivity index (χ1) is 10.2. The molecule has 0 aliphatic carbocycles. The van der Waals surface area contributed by atoms with Gasteiger partial charge < -0.3 is 10.1 Å². The molecule has 0 fully saturated rings. The van der Waals surface area contributed by atoms with Gasteiger partial charge in [-0.3, -0.25) is 9.48 Å². The number of benzene rings is 1. The van der Waals surface area contributed by atoms with Gasteiger partial charge in [0.1, 0.15) is 0 Å². The summed E-state index contributed by atoms with van der Waals surface area (Å²) in [6.07, 6.45) is 4.03. The summed E-state index contributed by atoms with van der Waals surface area (Å²) >= 11 is 0. The Kier molecular flexibility index (Phi) is 5.51. The lowest BCUT2D eigenvalue weighted by atomic mass is 10.0. The normalized spacial score (nSPS) is 12.1. The monoisotopic (exact) mass is 287 g/mol. The lowest BCUT2D eigenvalue weighted by Crippen LogP contribution is -2.30. The highest BCUT2D eigenvalue weighted by molar-refractivity contribution is 5.72. The van der Waals surface area contributed by atoms with Gasteiger partial charge in [0.25, 0.3) is 0 Å². The molecule has 21 heavy (non-hydrogen) atoms. The Morgan fingerprint density at radius 1 is 1.33 bits per heavy atom. The average molecular weight is 287 g/mol. The summed E-state index contributed by atoms with van der Waals surface area (Å²) in [7, 11) is 1.41. The van der Waals surface area contributed by atoms with Crippen LogP contribution in [0.2, 0.25) is 0 Å². The van der Waals surface area contributed by atoms with Gasteiger partial charge in [0.05, 0.1) is 20.1 Å². The van der Waals surface area contributed by atoms with Crippen molar-refractivity contribution >= 4 is 5.97 Å². The molecule has 2 rings (SSSR count). The molecule has 0 saturated carbocycles. The number of methoxy groups -OCH3 is 1. The molecule has 2 aromatic rings. The second-order valence-electron chi connectivity index (χ2n) is 5.03. The van der Waals surface area contributed by atoms with Crippen molar-refractivity contribution < 1.29 is 9.53 Å². The number of hydrogen-bond donors (Lipinski definition) is 1. The van der Waals surface area contributed by atoms with Crippen LogP contribution in [0.15, 0.2) is 42.7 Å². The molecule has 0 aliphatic heterocycles. The zero-order valence-corrected chi connectivity index (χ0v) is 12.5. The van der Waals surface area contributed by atoms with Crippen molar-refractivity contribution in [2.24, 2.45) is 0 Å². The van der Waals surface area contributed by atoms with Gasteiger partial charge in [-0.25, -0.2) is 0 Å². The smallest absolute Gasteiger partial charge is 0.309 e. The molecule has 1 N–H and O–H groups in total. The van der Waals surface area contributed by atoms with Gasteiger partial charge >= 0.3 is 5.97 Å². The number of esters is 1. The quantitative estimate of drug-likeness (QED) is 0.789. The van der Waals surface area contributed by atoms with Crippen LogP contribution >= 0.6 is 0 Å². The van der Waals surface area contributed by atoms with Crippen molar-refractivity contribution in [3.05, 3.63) is 53.9 Å². The van der Waals surface area contributed by atoms with E-state index in [0.29, 0.717) is 6.42 Å². The van der Waals surface area contributed by atoms with Gasteiger partial charge in [-0.05, 0) is 24.1 Å². The Morgan fingerprint density at radius 2 is 2.10 bits per heavy atom. The number of nitrogens with one attached hydrogen (secondary N) is 1. The fourth-order valence-corrected chi connectivity index (χ4v) is 2.17. The highest BCUT2D eigenvalue weighted by Gasteiger charge is 2.09. The predicted molar refractivity (Wildman–Crippen MR) is 80.7 cm³/mol. The van der Waals surface area contributed by atoms with E-state index >= 15 is 0 Å². The SMILES string of the molecule is COC(=O)Cc1ccccc1CNC(C)Cn1cccn1. The summed E-state index contributed by atoms with van der Waals surface area (Å²) < 4.78 is 6.63. The maximum Gasteiger partial charge on any atom is 0.309 e. The maximum absolute atomic E-state index is 11.4. The number of ether oxygens (including phenoxy) is 1. The van der Waals surface area contributed by atoms with Gasteiger partial charge in [-0.15, -0.1) is 0 Å². The molecule has 5 heteroatoms. The van der Waals surface area contributed by atoms with E-state index in [0.717, 1.165) is 24.2 Å². The average Bonchev–Trinajstić information content (AvgIpc) is 2.99. The topological polar surface area (TPSA) is 56.1 Å². The van der Waals surface area contributed by atoms with Crippen LogP contribution in [0.3, 0.4) is 0 Å². The van der Waals surface area contributed by atoms with E-state index in [1.165, 1.54) is 7.11 Å². The molecule has 0 amide bonds. The van der Waals surface area contributed by atoms with Crippen molar-refractivity contribution in [3.8, 4) is 0 Å². The number of nitrogens with zero attached hydrogens (tertiary/aromatic N) is 2. The third-order valence-electron chi connectivity index (χ3n) is 3.34. The largest absolute Gasteiger partial charge is 0.469 e. The van der Waals surface area contributed by atoms with Gasteiger partial charge in [0, 0.05) is 25.0 Å². The minimum absolute atomic E-state index is 0.216. The Labute approximate surface area is 124 Å². The molecular weight excluding hydrogens is 266 g/mol. The van der Waals surface area contributed by atoms with Crippen LogP contribution in [0.4, 0.5) is 0 Å². The molecule has 1 aromatic carbocycles. The van der Waals surface area contributed by atoms with Crippen molar-refractivity contribution in [2.75, 3.05) is 7.11 Å². The number of carbonyl (C=O) groups excluding carboxylic acids is 1. The highest BCUT2D eigenvalue weighted by atomic mass is 16.5.